The van der Waals surface area contributed by atoms with Crippen LogP contribution in [0.4, 0.5) is 0 Å². The normalized spacial score (nSPS) is 15.4. The highest BCUT2D eigenvalue weighted by atomic mass is 31.2. The number of carbonyl (C=O) groups is 1. The molecule has 25 heavy (non-hydrogen) atoms. The Hall–Kier alpha value is -2.30. The van der Waals surface area contributed by atoms with Crippen LogP contribution in [0.5, 0.6) is 17.2 Å². The number of ether oxygens (including phenoxy) is 1. The van der Waals surface area contributed by atoms with E-state index in [2.05, 4.69) is 0 Å². The second kappa shape index (κ2) is 7.30. The fraction of sp³-hybridized carbons (Fsp3) is 0.278. The van der Waals surface area contributed by atoms with Gasteiger partial charge in [0.15, 0.2) is 5.78 Å². The molecular formula is C18H19O6P. The average molecular weight is 362 g/mol. The standard InChI is InChI=1S/C18H19O6P/c1-3-22-13-6-4-7-14(12-13)23-25(20,21-2)24-18-9-5-8-15-16(18)10-11-17(15)19/h4-9,12H,3,10-11H2,1-2H3. The van der Waals surface area contributed by atoms with Crippen molar-refractivity contribution in [1.29, 1.82) is 0 Å². The van der Waals surface area contributed by atoms with E-state index in [0.29, 0.717) is 42.3 Å². The molecule has 0 saturated carbocycles. The van der Waals surface area contributed by atoms with Crippen LogP contribution < -0.4 is 13.8 Å². The zero-order valence-electron chi connectivity index (χ0n) is 14.1. The van der Waals surface area contributed by atoms with Crippen LogP contribution in [0.3, 0.4) is 0 Å². The number of phosphoric ester groups is 1. The highest BCUT2D eigenvalue weighted by molar-refractivity contribution is 7.49. The molecule has 6 nitrogen and oxygen atoms in total. The summed E-state index contributed by atoms with van der Waals surface area (Å²) in [6.45, 7) is 2.38. The molecule has 0 N–H and O–H groups in total. The van der Waals surface area contributed by atoms with Gasteiger partial charge in [0.05, 0.1) is 6.61 Å². The molecule has 1 aliphatic carbocycles. The van der Waals surface area contributed by atoms with Gasteiger partial charge in [0.2, 0.25) is 0 Å². The van der Waals surface area contributed by atoms with Gasteiger partial charge in [-0.3, -0.25) is 9.32 Å². The molecule has 0 heterocycles. The number of ketones is 1. The molecular weight excluding hydrogens is 343 g/mol. The van der Waals surface area contributed by atoms with E-state index < -0.39 is 7.82 Å². The van der Waals surface area contributed by atoms with Gasteiger partial charge < -0.3 is 13.8 Å². The molecule has 0 spiro atoms. The number of phosphoric acid groups is 1. The summed E-state index contributed by atoms with van der Waals surface area (Å²) >= 11 is 0. The van der Waals surface area contributed by atoms with E-state index in [1.807, 2.05) is 6.92 Å². The minimum absolute atomic E-state index is 0.0537. The zero-order valence-corrected chi connectivity index (χ0v) is 15.0. The third kappa shape index (κ3) is 3.86. The fourth-order valence-electron chi connectivity index (χ4n) is 2.67. The van der Waals surface area contributed by atoms with Gasteiger partial charge in [0.25, 0.3) is 0 Å². The van der Waals surface area contributed by atoms with Crippen LogP contribution in [0, 0.1) is 0 Å². The maximum atomic E-state index is 12.9. The Morgan fingerprint density at radius 2 is 1.80 bits per heavy atom. The van der Waals surface area contributed by atoms with E-state index in [4.69, 9.17) is 18.3 Å². The zero-order chi connectivity index (χ0) is 17.9. The van der Waals surface area contributed by atoms with E-state index in [-0.39, 0.29) is 5.78 Å². The van der Waals surface area contributed by atoms with Crippen molar-refractivity contribution in [2.24, 2.45) is 0 Å². The highest BCUT2D eigenvalue weighted by Gasteiger charge is 2.32. The lowest BCUT2D eigenvalue weighted by Gasteiger charge is -2.19. The van der Waals surface area contributed by atoms with Gasteiger partial charge in [0, 0.05) is 30.7 Å². The summed E-state index contributed by atoms with van der Waals surface area (Å²) in [5.74, 6) is 1.29. The Balaban J connectivity index is 1.84. The number of benzene rings is 2. The van der Waals surface area contributed by atoms with Crippen molar-refractivity contribution in [3.8, 4) is 17.2 Å². The summed E-state index contributed by atoms with van der Waals surface area (Å²) in [6.07, 6.45) is 0.970. The van der Waals surface area contributed by atoms with Crippen LogP contribution in [-0.2, 0) is 15.5 Å². The van der Waals surface area contributed by atoms with Crippen molar-refractivity contribution >= 4 is 13.6 Å². The Bertz CT molecular complexity index is 832. The second-order valence-corrected chi connectivity index (χ2v) is 7.05. The summed E-state index contributed by atoms with van der Waals surface area (Å²) < 4.78 is 34.3. The van der Waals surface area contributed by atoms with Crippen LogP contribution in [0.1, 0.15) is 29.3 Å². The maximum absolute atomic E-state index is 12.9. The molecule has 3 rings (SSSR count). The Morgan fingerprint density at radius 1 is 1.04 bits per heavy atom. The first-order valence-corrected chi connectivity index (χ1v) is 9.43. The number of hydrogen-bond acceptors (Lipinski definition) is 6. The van der Waals surface area contributed by atoms with Crippen LogP contribution in [-0.4, -0.2) is 19.5 Å². The molecule has 0 saturated heterocycles. The Labute approximate surface area is 146 Å². The lowest BCUT2D eigenvalue weighted by Crippen LogP contribution is -2.04. The smallest absolute Gasteiger partial charge is 0.494 e. The predicted octanol–water partition coefficient (Wildman–Crippen LogP) is 4.43. The van der Waals surface area contributed by atoms with Crippen molar-refractivity contribution in [3.05, 3.63) is 53.6 Å². The van der Waals surface area contributed by atoms with Crippen LogP contribution in [0.25, 0.3) is 0 Å². The predicted molar refractivity (Wildman–Crippen MR) is 92.6 cm³/mol. The van der Waals surface area contributed by atoms with Crippen LogP contribution in [0.2, 0.25) is 0 Å². The minimum Gasteiger partial charge on any atom is -0.494 e. The van der Waals surface area contributed by atoms with Crippen molar-refractivity contribution < 1.29 is 27.7 Å². The molecule has 7 heteroatoms. The molecule has 2 aromatic carbocycles. The van der Waals surface area contributed by atoms with Gasteiger partial charge in [-0.1, -0.05) is 18.2 Å². The number of Topliss-reactive ketones (excluding diaryl/α,β-unsaturated/α-hetero) is 1. The third-order valence-corrected chi connectivity index (χ3v) is 5.10. The molecule has 0 bridgehead atoms. The fourth-order valence-corrected chi connectivity index (χ4v) is 3.64. The summed E-state index contributed by atoms with van der Waals surface area (Å²) in [5, 5.41) is 0. The SMILES string of the molecule is CCOc1cccc(OP(=O)(OC)Oc2cccc3c2CCC3=O)c1. The molecule has 1 aliphatic rings. The lowest BCUT2D eigenvalue weighted by molar-refractivity contribution is 0.0994. The second-order valence-electron chi connectivity index (χ2n) is 5.43. The van der Waals surface area contributed by atoms with Gasteiger partial charge in [-0.25, -0.2) is 4.57 Å². The molecule has 0 aromatic heterocycles. The maximum Gasteiger partial charge on any atom is 0.587 e. The van der Waals surface area contributed by atoms with E-state index in [1.165, 1.54) is 7.11 Å². The Morgan fingerprint density at radius 3 is 2.56 bits per heavy atom. The number of rotatable bonds is 7. The first-order valence-electron chi connectivity index (χ1n) is 7.97. The van der Waals surface area contributed by atoms with Gasteiger partial charge in [-0.2, -0.15) is 0 Å². The summed E-state index contributed by atoms with van der Waals surface area (Å²) in [4.78, 5) is 11.8. The number of hydrogen-bond donors (Lipinski definition) is 0. The van der Waals surface area contributed by atoms with Crippen LogP contribution >= 0.6 is 7.82 Å². The van der Waals surface area contributed by atoms with Gasteiger partial charge in [0.1, 0.15) is 17.2 Å². The molecule has 1 atom stereocenters. The van der Waals surface area contributed by atoms with Crippen molar-refractivity contribution in [2.75, 3.05) is 13.7 Å². The van der Waals surface area contributed by atoms with E-state index in [0.717, 1.165) is 5.56 Å². The van der Waals surface area contributed by atoms with Gasteiger partial charge >= 0.3 is 7.82 Å². The van der Waals surface area contributed by atoms with E-state index in [9.17, 15) is 9.36 Å². The molecule has 0 amide bonds. The number of carbonyl (C=O) groups excluding carboxylic acids is 1. The van der Waals surface area contributed by atoms with Crippen LogP contribution in [0.15, 0.2) is 42.5 Å². The van der Waals surface area contributed by atoms with Crippen molar-refractivity contribution in [1.82, 2.24) is 0 Å². The summed E-state index contributed by atoms with van der Waals surface area (Å²) in [7, 11) is -2.65. The van der Waals surface area contributed by atoms with Crippen molar-refractivity contribution in [3.63, 3.8) is 0 Å². The minimum atomic E-state index is -3.90. The van der Waals surface area contributed by atoms with E-state index in [1.54, 1.807) is 42.5 Å². The monoisotopic (exact) mass is 362 g/mol. The van der Waals surface area contributed by atoms with E-state index >= 15 is 0 Å². The summed E-state index contributed by atoms with van der Waals surface area (Å²) in [6, 6.07) is 11.8. The molecule has 2 aromatic rings. The topological polar surface area (TPSA) is 71.1 Å². The van der Waals surface area contributed by atoms with Gasteiger partial charge in [-0.05, 0) is 31.5 Å². The first-order chi connectivity index (χ1) is 12.0. The van der Waals surface area contributed by atoms with Gasteiger partial charge in [-0.15, -0.1) is 0 Å². The first kappa shape index (κ1) is 17.5. The third-order valence-electron chi connectivity index (χ3n) is 3.80. The Kier molecular flexibility index (Phi) is 5.11. The molecule has 0 aliphatic heterocycles. The average Bonchev–Trinajstić information content (AvgIpc) is 2.98. The van der Waals surface area contributed by atoms with Crippen molar-refractivity contribution in [2.45, 2.75) is 19.8 Å². The molecule has 1 unspecified atom stereocenters. The lowest BCUT2D eigenvalue weighted by atomic mass is 10.1. The molecule has 132 valence electrons. The highest BCUT2D eigenvalue weighted by Crippen LogP contribution is 2.50. The quantitative estimate of drug-likeness (QED) is 0.679. The molecule has 0 radical (unpaired) electrons. The largest absolute Gasteiger partial charge is 0.587 e. The number of fused-ring (bicyclic) bond motifs is 1. The molecule has 0 fully saturated rings. The summed E-state index contributed by atoms with van der Waals surface area (Å²) in [5.41, 5.74) is 1.33.